The van der Waals surface area contributed by atoms with Crippen LogP contribution in [0.1, 0.15) is 29.9 Å². The Hall–Kier alpha value is -3.47. The number of hydrogen-bond acceptors (Lipinski definition) is 4. The molecule has 1 aliphatic rings. The van der Waals surface area contributed by atoms with Gasteiger partial charge in [0.25, 0.3) is 5.91 Å². The van der Waals surface area contributed by atoms with Crippen LogP contribution in [0.15, 0.2) is 76.9 Å². The minimum atomic E-state index is -0.374. The van der Waals surface area contributed by atoms with Gasteiger partial charge in [-0.3, -0.25) is 4.79 Å². The second-order valence-electron chi connectivity index (χ2n) is 6.40. The van der Waals surface area contributed by atoms with Gasteiger partial charge in [0.05, 0.1) is 18.4 Å². The van der Waals surface area contributed by atoms with Crippen molar-refractivity contribution in [3.05, 3.63) is 89.4 Å². The standard InChI is InChI=1S/C23H21NO4/c1-2-26-20-11-6-10-17-14-18(15-28-22(17)20)23(25)24-21(19-12-7-13-27-19)16-8-4-3-5-9-16/h3-14,21H,2,15H2,1H3,(H,24,25). The summed E-state index contributed by atoms with van der Waals surface area (Å²) in [6.07, 6.45) is 3.45. The van der Waals surface area contributed by atoms with Crippen molar-refractivity contribution in [1.29, 1.82) is 0 Å². The van der Waals surface area contributed by atoms with E-state index in [1.165, 1.54) is 0 Å². The van der Waals surface area contributed by atoms with E-state index < -0.39 is 0 Å². The van der Waals surface area contributed by atoms with Gasteiger partial charge in [-0.15, -0.1) is 0 Å². The monoisotopic (exact) mass is 375 g/mol. The molecule has 1 unspecified atom stereocenters. The number of furan rings is 1. The van der Waals surface area contributed by atoms with E-state index in [2.05, 4.69) is 5.32 Å². The van der Waals surface area contributed by atoms with E-state index in [0.717, 1.165) is 11.1 Å². The first-order chi connectivity index (χ1) is 13.8. The van der Waals surface area contributed by atoms with Crippen molar-refractivity contribution in [2.24, 2.45) is 0 Å². The molecule has 5 nitrogen and oxygen atoms in total. The molecule has 142 valence electrons. The molecule has 0 spiro atoms. The van der Waals surface area contributed by atoms with Crippen molar-refractivity contribution in [2.45, 2.75) is 13.0 Å². The first-order valence-electron chi connectivity index (χ1n) is 9.24. The molecule has 1 aliphatic heterocycles. The molecule has 28 heavy (non-hydrogen) atoms. The van der Waals surface area contributed by atoms with Gasteiger partial charge >= 0.3 is 0 Å². The summed E-state index contributed by atoms with van der Waals surface area (Å²) in [5.74, 6) is 1.84. The lowest BCUT2D eigenvalue weighted by atomic mass is 10.0. The van der Waals surface area contributed by atoms with Crippen LogP contribution in [0.2, 0.25) is 0 Å². The Morgan fingerprint density at radius 3 is 2.71 bits per heavy atom. The Balaban J connectivity index is 1.60. The predicted octanol–water partition coefficient (Wildman–Crippen LogP) is 4.36. The molecule has 1 aromatic heterocycles. The average Bonchev–Trinajstić information content (AvgIpc) is 3.27. The van der Waals surface area contributed by atoms with Crippen molar-refractivity contribution in [3.8, 4) is 11.5 Å². The zero-order valence-corrected chi connectivity index (χ0v) is 15.6. The van der Waals surface area contributed by atoms with Crippen LogP contribution in [0, 0.1) is 0 Å². The van der Waals surface area contributed by atoms with E-state index in [4.69, 9.17) is 13.9 Å². The topological polar surface area (TPSA) is 60.7 Å². The second-order valence-corrected chi connectivity index (χ2v) is 6.40. The minimum absolute atomic E-state index is 0.183. The maximum absolute atomic E-state index is 13.0. The highest BCUT2D eigenvalue weighted by molar-refractivity contribution is 5.99. The van der Waals surface area contributed by atoms with Crippen LogP contribution in [-0.2, 0) is 4.79 Å². The summed E-state index contributed by atoms with van der Waals surface area (Å²) in [7, 11) is 0. The van der Waals surface area contributed by atoms with Gasteiger partial charge in [-0.2, -0.15) is 0 Å². The lowest BCUT2D eigenvalue weighted by Crippen LogP contribution is -2.32. The molecule has 0 saturated heterocycles. The number of para-hydroxylation sites is 1. The molecule has 2 heterocycles. The second kappa shape index (κ2) is 8.05. The van der Waals surface area contributed by atoms with Crippen LogP contribution in [-0.4, -0.2) is 19.1 Å². The molecule has 0 radical (unpaired) electrons. The van der Waals surface area contributed by atoms with Gasteiger partial charge in [-0.1, -0.05) is 42.5 Å². The number of carbonyl (C=O) groups excluding carboxylic acids is 1. The highest BCUT2D eigenvalue weighted by Crippen LogP contribution is 2.36. The molecule has 0 fully saturated rings. The quantitative estimate of drug-likeness (QED) is 0.695. The first-order valence-corrected chi connectivity index (χ1v) is 9.24. The summed E-state index contributed by atoms with van der Waals surface area (Å²) in [4.78, 5) is 13.0. The smallest absolute Gasteiger partial charge is 0.251 e. The number of nitrogens with one attached hydrogen (secondary N) is 1. The van der Waals surface area contributed by atoms with Gasteiger partial charge in [0.1, 0.15) is 18.4 Å². The minimum Gasteiger partial charge on any atom is -0.490 e. The fourth-order valence-electron chi connectivity index (χ4n) is 3.22. The number of hydrogen-bond donors (Lipinski definition) is 1. The van der Waals surface area contributed by atoms with E-state index in [-0.39, 0.29) is 18.6 Å². The summed E-state index contributed by atoms with van der Waals surface area (Å²) >= 11 is 0. The van der Waals surface area contributed by atoms with Crippen LogP contribution < -0.4 is 14.8 Å². The van der Waals surface area contributed by atoms with Gasteiger partial charge in [0.2, 0.25) is 0 Å². The van der Waals surface area contributed by atoms with Crippen molar-refractivity contribution >= 4 is 12.0 Å². The number of rotatable bonds is 6. The third-order valence-corrected chi connectivity index (χ3v) is 4.54. The Bertz CT molecular complexity index is 977. The Morgan fingerprint density at radius 2 is 1.96 bits per heavy atom. The van der Waals surface area contributed by atoms with Gasteiger partial charge in [-0.25, -0.2) is 0 Å². The predicted molar refractivity (Wildman–Crippen MR) is 106 cm³/mol. The third kappa shape index (κ3) is 3.64. The third-order valence-electron chi connectivity index (χ3n) is 4.54. The highest BCUT2D eigenvalue weighted by Gasteiger charge is 2.24. The first kappa shape index (κ1) is 17.9. The molecule has 1 amide bonds. The molecule has 0 saturated carbocycles. The van der Waals surface area contributed by atoms with E-state index in [1.54, 1.807) is 6.26 Å². The SMILES string of the molecule is CCOc1cccc2c1OCC(C(=O)NC(c1ccccc1)c1ccco1)=C2. The molecule has 5 heteroatoms. The fraction of sp³-hybridized carbons (Fsp3) is 0.174. The van der Waals surface area contributed by atoms with Crippen molar-refractivity contribution in [3.63, 3.8) is 0 Å². The van der Waals surface area contributed by atoms with Crippen molar-refractivity contribution < 1.29 is 18.7 Å². The van der Waals surface area contributed by atoms with Crippen LogP contribution in [0.25, 0.3) is 6.08 Å². The maximum atomic E-state index is 13.0. The molecule has 0 aliphatic carbocycles. The molecule has 3 aromatic rings. The number of benzene rings is 2. The number of fused-ring (bicyclic) bond motifs is 1. The zero-order chi connectivity index (χ0) is 19.3. The zero-order valence-electron chi connectivity index (χ0n) is 15.6. The van der Waals surface area contributed by atoms with E-state index in [9.17, 15) is 4.79 Å². The Kier molecular flexibility index (Phi) is 5.15. The Labute approximate surface area is 163 Å². The fourth-order valence-corrected chi connectivity index (χ4v) is 3.22. The lowest BCUT2D eigenvalue weighted by Gasteiger charge is -2.22. The van der Waals surface area contributed by atoms with Crippen LogP contribution >= 0.6 is 0 Å². The van der Waals surface area contributed by atoms with Crippen molar-refractivity contribution in [1.82, 2.24) is 5.32 Å². The number of amides is 1. The average molecular weight is 375 g/mol. The number of ether oxygens (including phenoxy) is 2. The summed E-state index contributed by atoms with van der Waals surface area (Å²) in [5.41, 5.74) is 2.33. The number of carbonyl (C=O) groups is 1. The van der Waals surface area contributed by atoms with Crippen LogP contribution in [0.4, 0.5) is 0 Å². The molecule has 4 rings (SSSR count). The summed E-state index contributed by atoms with van der Waals surface area (Å²) in [5, 5.41) is 3.06. The lowest BCUT2D eigenvalue weighted by molar-refractivity contribution is -0.118. The van der Waals surface area contributed by atoms with E-state index >= 15 is 0 Å². The van der Waals surface area contributed by atoms with E-state index in [1.807, 2.05) is 73.7 Å². The molecular weight excluding hydrogens is 354 g/mol. The molecule has 2 aromatic carbocycles. The van der Waals surface area contributed by atoms with Gasteiger partial charge in [-0.05, 0) is 36.8 Å². The van der Waals surface area contributed by atoms with Crippen LogP contribution in [0.5, 0.6) is 11.5 Å². The summed E-state index contributed by atoms with van der Waals surface area (Å²) < 4.78 is 17.0. The van der Waals surface area contributed by atoms with Gasteiger partial charge < -0.3 is 19.2 Å². The maximum Gasteiger partial charge on any atom is 0.251 e. The molecule has 0 bridgehead atoms. The Morgan fingerprint density at radius 1 is 1.11 bits per heavy atom. The molecule has 1 atom stereocenters. The van der Waals surface area contributed by atoms with Crippen molar-refractivity contribution in [2.75, 3.05) is 13.2 Å². The molecular formula is C23H21NO4. The van der Waals surface area contributed by atoms with Crippen LogP contribution in [0.3, 0.4) is 0 Å². The largest absolute Gasteiger partial charge is 0.490 e. The van der Waals surface area contributed by atoms with Gasteiger partial charge in [0.15, 0.2) is 11.5 Å². The molecule has 1 N–H and O–H groups in total. The van der Waals surface area contributed by atoms with E-state index in [0.29, 0.717) is 29.4 Å². The summed E-state index contributed by atoms with van der Waals surface area (Å²) in [6, 6.07) is 18.7. The highest BCUT2D eigenvalue weighted by atomic mass is 16.5. The normalized spacial score (nSPS) is 13.7. The summed E-state index contributed by atoms with van der Waals surface area (Å²) in [6.45, 7) is 2.66. The van der Waals surface area contributed by atoms with Gasteiger partial charge in [0, 0.05) is 5.56 Å².